The Bertz CT molecular complexity index is 1720. The van der Waals surface area contributed by atoms with Gasteiger partial charge in [-0.15, -0.1) is 0 Å². The summed E-state index contributed by atoms with van der Waals surface area (Å²) >= 11 is 0. The predicted octanol–water partition coefficient (Wildman–Crippen LogP) is 3.72. The molecule has 12 nitrogen and oxygen atoms in total. The zero-order valence-electron chi connectivity index (χ0n) is 25.7. The molecule has 45 heavy (non-hydrogen) atoms. The second-order valence-electron chi connectivity index (χ2n) is 10.6. The average molecular weight is 609 g/mol. The number of pyridine rings is 1. The molecule has 2 aromatic heterocycles. The summed E-state index contributed by atoms with van der Waals surface area (Å²) in [4.78, 5) is 28.4. The van der Waals surface area contributed by atoms with Crippen LogP contribution < -0.4 is 25.7 Å². The van der Waals surface area contributed by atoms with E-state index >= 15 is 0 Å². The number of ether oxygens (including phenoxy) is 3. The molecule has 3 heterocycles. The maximum absolute atomic E-state index is 13.7. The third kappa shape index (κ3) is 7.19. The highest BCUT2D eigenvalue weighted by atomic mass is 16.5. The molecule has 0 aliphatic carbocycles. The van der Waals surface area contributed by atoms with Crippen molar-refractivity contribution in [3.63, 3.8) is 0 Å². The van der Waals surface area contributed by atoms with Crippen LogP contribution in [0.5, 0.6) is 17.4 Å². The first kappa shape index (κ1) is 31.0. The number of likely N-dealkylation sites (N-methyl/N-ethyl adjacent to an activating group) is 1. The van der Waals surface area contributed by atoms with Gasteiger partial charge < -0.3 is 30.6 Å². The van der Waals surface area contributed by atoms with E-state index in [1.165, 1.54) is 20.3 Å². The molecule has 2 aromatic carbocycles. The van der Waals surface area contributed by atoms with Gasteiger partial charge in [-0.3, -0.25) is 9.80 Å². The van der Waals surface area contributed by atoms with Gasteiger partial charge in [-0.2, -0.15) is 10.1 Å². The number of allylic oxidation sites excluding steroid dienone is 1. The number of hydrogen-bond donors (Lipinski definition) is 2. The number of nitrogen functional groups attached to an aromatic ring is 2. The van der Waals surface area contributed by atoms with E-state index in [1.807, 2.05) is 55.4 Å². The number of hydrogen-bond acceptors (Lipinski definition) is 12. The number of benzene rings is 2. The van der Waals surface area contributed by atoms with Gasteiger partial charge in [0.25, 0.3) is 0 Å². The molecule has 0 saturated carbocycles. The Hall–Kier alpha value is -5.49. The molecule has 4 N–H and O–H groups in total. The fraction of sp³-hybridized carbons (Fsp3) is 0.242. The van der Waals surface area contributed by atoms with Gasteiger partial charge in [-0.25, -0.2) is 9.97 Å². The summed E-state index contributed by atoms with van der Waals surface area (Å²) < 4.78 is 17.0. The lowest BCUT2D eigenvalue weighted by molar-refractivity contribution is 0.104. The average Bonchev–Trinajstić information content (AvgIpc) is 3.04. The number of anilines is 2. The van der Waals surface area contributed by atoms with Gasteiger partial charge in [0.2, 0.25) is 11.8 Å². The van der Waals surface area contributed by atoms with E-state index < -0.39 is 0 Å². The smallest absolute Gasteiger partial charge is 0.221 e. The summed E-state index contributed by atoms with van der Waals surface area (Å²) in [6, 6.07) is 15.0. The molecule has 0 amide bonds. The first-order chi connectivity index (χ1) is 21.8. The molecule has 5 rings (SSSR count). The monoisotopic (exact) mass is 608 g/mol. The fourth-order valence-electron chi connectivity index (χ4n) is 4.97. The Morgan fingerprint density at radius 2 is 1.87 bits per heavy atom. The Morgan fingerprint density at radius 3 is 2.58 bits per heavy atom. The maximum atomic E-state index is 13.7. The van der Waals surface area contributed by atoms with Crippen LogP contribution in [0.25, 0.3) is 0 Å². The summed E-state index contributed by atoms with van der Waals surface area (Å²) in [6.45, 7) is 1.31. The molecule has 1 aliphatic heterocycles. The largest absolute Gasteiger partial charge is 0.493 e. The van der Waals surface area contributed by atoms with Crippen LogP contribution in [0.4, 0.5) is 11.8 Å². The van der Waals surface area contributed by atoms with E-state index in [1.54, 1.807) is 41.9 Å². The summed E-state index contributed by atoms with van der Waals surface area (Å²) in [5.41, 5.74) is 16.3. The number of hydrazone groups is 1. The van der Waals surface area contributed by atoms with E-state index in [-0.39, 0.29) is 23.6 Å². The van der Waals surface area contributed by atoms with Crippen molar-refractivity contribution in [1.29, 1.82) is 0 Å². The highest BCUT2D eigenvalue weighted by molar-refractivity contribution is 6.07. The number of nitrogens with two attached hydrogens (primary N) is 2. The Labute approximate surface area is 262 Å². The van der Waals surface area contributed by atoms with Crippen molar-refractivity contribution in [3.8, 4) is 17.4 Å². The number of carbonyl (C=O) groups is 1. The van der Waals surface area contributed by atoms with Crippen LogP contribution in [0.15, 0.2) is 78.3 Å². The predicted molar refractivity (Wildman–Crippen MR) is 173 cm³/mol. The molecule has 12 heteroatoms. The molecule has 0 radical (unpaired) electrons. The molecule has 4 aromatic rings. The summed E-state index contributed by atoms with van der Waals surface area (Å²) in [5.74, 6) is 1.31. The van der Waals surface area contributed by atoms with E-state index in [0.29, 0.717) is 41.5 Å². The lowest BCUT2D eigenvalue weighted by Crippen LogP contribution is -2.25. The van der Waals surface area contributed by atoms with Gasteiger partial charge in [-0.05, 0) is 49.0 Å². The number of rotatable bonds is 12. The lowest BCUT2D eigenvalue weighted by atomic mass is 9.94. The van der Waals surface area contributed by atoms with Crippen LogP contribution in [0.2, 0.25) is 0 Å². The van der Waals surface area contributed by atoms with Gasteiger partial charge >= 0.3 is 0 Å². The SMILES string of the molecule is COc1cc(Cc2cnc(N)nc2N)cc(C(=O)C=CN2N=Cc3ccccc3C2c2ccc(OCCN(C)C)nc2)c1OC. The minimum Gasteiger partial charge on any atom is -0.493 e. The minimum atomic E-state index is -0.324. The van der Waals surface area contributed by atoms with Crippen molar-refractivity contribution in [2.75, 3.05) is 52.9 Å². The third-order valence-corrected chi connectivity index (χ3v) is 7.24. The van der Waals surface area contributed by atoms with E-state index in [9.17, 15) is 4.79 Å². The number of methoxy groups -OCH3 is 2. The first-order valence-electron chi connectivity index (χ1n) is 14.3. The molecule has 1 unspecified atom stereocenters. The van der Waals surface area contributed by atoms with Crippen molar-refractivity contribution < 1.29 is 19.0 Å². The molecule has 0 spiro atoms. The Balaban J connectivity index is 1.44. The van der Waals surface area contributed by atoms with Crippen molar-refractivity contribution in [2.24, 2.45) is 5.10 Å². The zero-order chi connectivity index (χ0) is 31.9. The van der Waals surface area contributed by atoms with Crippen molar-refractivity contribution in [2.45, 2.75) is 12.5 Å². The molecule has 1 atom stereocenters. The van der Waals surface area contributed by atoms with Gasteiger partial charge in [0.05, 0.1) is 26.0 Å². The molecule has 0 fully saturated rings. The summed E-state index contributed by atoms with van der Waals surface area (Å²) in [7, 11) is 6.99. The number of carbonyl (C=O) groups excluding carboxylic acids is 1. The van der Waals surface area contributed by atoms with E-state index in [4.69, 9.17) is 25.7 Å². The molecular formula is C33H36N8O4. The van der Waals surface area contributed by atoms with Crippen molar-refractivity contribution >= 4 is 23.8 Å². The quantitative estimate of drug-likeness (QED) is 0.179. The first-order valence-corrected chi connectivity index (χ1v) is 14.3. The minimum absolute atomic E-state index is 0.0888. The van der Waals surface area contributed by atoms with E-state index in [2.05, 4.69) is 20.1 Å². The molecule has 232 valence electrons. The second-order valence-corrected chi connectivity index (χ2v) is 10.6. The number of fused-ring (bicyclic) bond motifs is 1. The van der Waals surface area contributed by atoms with Crippen LogP contribution in [0, 0.1) is 0 Å². The maximum Gasteiger partial charge on any atom is 0.221 e. The van der Waals surface area contributed by atoms with Crippen LogP contribution in [0.3, 0.4) is 0 Å². The van der Waals surface area contributed by atoms with Gasteiger partial charge in [-0.1, -0.05) is 24.3 Å². The second kappa shape index (κ2) is 13.9. The molecule has 0 bridgehead atoms. The standard InChI is InChI=1S/C33H36N8O4/c1-40(2)13-14-45-29-10-9-23(18-36-29)30-25-8-6-5-7-22(25)20-38-41(30)12-11-27(42)26-16-21(17-28(43-3)31(26)44-4)15-24-19-37-33(35)39-32(24)34/h5-12,16-20,30H,13-15H2,1-4H3,(H4,34,35,37,39). The van der Waals surface area contributed by atoms with Crippen LogP contribution in [-0.2, 0) is 6.42 Å². The normalized spacial score (nSPS) is 14.1. The number of nitrogens with zero attached hydrogens (tertiary/aromatic N) is 6. The lowest BCUT2D eigenvalue weighted by Gasteiger charge is -2.31. The van der Waals surface area contributed by atoms with Gasteiger partial charge in [0.15, 0.2) is 17.3 Å². The van der Waals surface area contributed by atoms with Crippen molar-refractivity contribution in [1.82, 2.24) is 24.9 Å². The molecular weight excluding hydrogens is 572 g/mol. The van der Waals surface area contributed by atoms with Gasteiger partial charge in [0.1, 0.15) is 18.5 Å². The van der Waals surface area contributed by atoms with Crippen molar-refractivity contribution in [3.05, 3.63) is 107 Å². The van der Waals surface area contributed by atoms with Crippen LogP contribution in [0.1, 0.15) is 44.2 Å². The topological polar surface area (TPSA) is 154 Å². The Morgan fingerprint density at radius 1 is 1.04 bits per heavy atom. The number of ketones is 1. The van der Waals surface area contributed by atoms with E-state index in [0.717, 1.165) is 28.8 Å². The highest BCUT2D eigenvalue weighted by Gasteiger charge is 2.26. The number of aromatic nitrogens is 3. The fourth-order valence-corrected chi connectivity index (χ4v) is 4.97. The highest BCUT2D eigenvalue weighted by Crippen LogP contribution is 2.36. The van der Waals surface area contributed by atoms with Gasteiger partial charge in [0, 0.05) is 54.8 Å². The molecule has 1 aliphatic rings. The molecule has 0 saturated heterocycles. The van der Waals surface area contributed by atoms with Crippen LogP contribution in [-0.4, -0.2) is 78.3 Å². The summed E-state index contributed by atoms with van der Waals surface area (Å²) in [6.07, 6.45) is 8.60. The van der Waals surface area contributed by atoms with Crippen LogP contribution >= 0.6 is 0 Å². The third-order valence-electron chi connectivity index (χ3n) is 7.24. The summed E-state index contributed by atoms with van der Waals surface area (Å²) in [5, 5.41) is 6.40. The zero-order valence-corrected chi connectivity index (χ0v) is 25.7. The Kier molecular flexibility index (Phi) is 9.54.